The van der Waals surface area contributed by atoms with E-state index in [0.29, 0.717) is 15.9 Å². The molecule has 94 valence electrons. The summed E-state index contributed by atoms with van der Waals surface area (Å²) in [6.07, 6.45) is 1.46. The fraction of sp³-hybridized carbons (Fsp3) is 0.154. The molecule has 0 aliphatic heterocycles. The Morgan fingerprint density at radius 3 is 2.72 bits per heavy atom. The molecule has 4 nitrogen and oxygen atoms in total. The maximum atomic E-state index is 12.0. The number of hydrogen-bond acceptors (Lipinski definition) is 3. The molecule has 0 bridgehead atoms. The molecule has 2 rings (SSSR count). The monoisotopic (exact) mass is 308 g/mol. The summed E-state index contributed by atoms with van der Waals surface area (Å²) in [6, 6.07) is 8.90. The van der Waals surface area contributed by atoms with Gasteiger partial charge in [-0.25, -0.2) is 0 Å². The molecule has 1 aromatic carbocycles. The molecule has 0 saturated carbocycles. The van der Waals surface area contributed by atoms with Gasteiger partial charge in [0.2, 0.25) is 0 Å². The number of nitrogens with two attached hydrogens (primary N) is 1. The Balaban J connectivity index is 2.13. The standard InChI is InChI=1S/C13H13BrN2O2/c1-8(9-4-2-3-5-11(9)15)16-13(17)10-6-7-18-12(10)14/h2-8H,15H2,1H3,(H,16,17). The van der Waals surface area contributed by atoms with Crippen LogP contribution in [0.3, 0.4) is 0 Å². The van der Waals surface area contributed by atoms with Gasteiger partial charge in [0, 0.05) is 5.69 Å². The first-order valence-electron chi connectivity index (χ1n) is 5.48. The van der Waals surface area contributed by atoms with Crippen LogP contribution >= 0.6 is 15.9 Å². The van der Waals surface area contributed by atoms with Gasteiger partial charge in [-0.1, -0.05) is 18.2 Å². The Morgan fingerprint density at radius 1 is 1.39 bits per heavy atom. The molecule has 0 aliphatic carbocycles. The summed E-state index contributed by atoms with van der Waals surface area (Å²) in [5, 5.41) is 2.87. The van der Waals surface area contributed by atoms with E-state index in [2.05, 4.69) is 21.2 Å². The first-order chi connectivity index (χ1) is 8.59. The van der Waals surface area contributed by atoms with Gasteiger partial charge >= 0.3 is 0 Å². The largest absolute Gasteiger partial charge is 0.457 e. The summed E-state index contributed by atoms with van der Waals surface area (Å²) >= 11 is 3.18. The molecule has 5 heteroatoms. The lowest BCUT2D eigenvalue weighted by atomic mass is 10.1. The second-order valence-electron chi connectivity index (χ2n) is 3.93. The molecule has 0 saturated heterocycles. The SMILES string of the molecule is CC(NC(=O)c1ccoc1Br)c1ccccc1N. The molecule has 1 heterocycles. The van der Waals surface area contributed by atoms with Crippen LogP contribution in [0.2, 0.25) is 0 Å². The second kappa shape index (κ2) is 5.27. The van der Waals surface area contributed by atoms with Gasteiger partial charge in [-0.3, -0.25) is 4.79 Å². The highest BCUT2D eigenvalue weighted by atomic mass is 79.9. The molecule has 1 aromatic heterocycles. The van der Waals surface area contributed by atoms with Crippen molar-refractivity contribution >= 4 is 27.5 Å². The number of halogens is 1. The molecule has 18 heavy (non-hydrogen) atoms. The molecule has 0 radical (unpaired) electrons. The number of para-hydroxylation sites is 1. The Labute approximate surface area is 113 Å². The summed E-state index contributed by atoms with van der Waals surface area (Å²) in [5.74, 6) is -0.202. The Morgan fingerprint density at radius 2 is 2.11 bits per heavy atom. The smallest absolute Gasteiger partial charge is 0.256 e. The normalized spacial score (nSPS) is 12.1. The number of anilines is 1. The quantitative estimate of drug-likeness (QED) is 0.856. The number of rotatable bonds is 3. The van der Waals surface area contributed by atoms with Crippen LogP contribution in [0, 0.1) is 0 Å². The molecule has 0 spiro atoms. The lowest BCUT2D eigenvalue weighted by Gasteiger charge is -2.15. The minimum Gasteiger partial charge on any atom is -0.457 e. The van der Waals surface area contributed by atoms with Crippen LogP contribution in [-0.4, -0.2) is 5.91 Å². The van der Waals surface area contributed by atoms with Gasteiger partial charge in [0.25, 0.3) is 5.91 Å². The summed E-state index contributed by atoms with van der Waals surface area (Å²) < 4.78 is 5.45. The summed E-state index contributed by atoms with van der Waals surface area (Å²) in [6.45, 7) is 1.89. The van der Waals surface area contributed by atoms with Crippen LogP contribution in [0.15, 0.2) is 45.7 Å². The predicted octanol–water partition coefficient (Wildman–Crippen LogP) is 3.12. The van der Waals surface area contributed by atoms with Crippen molar-refractivity contribution < 1.29 is 9.21 Å². The lowest BCUT2D eigenvalue weighted by Crippen LogP contribution is -2.27. The number of amides is 1. The minimum absolute atomic E-state index is 0.166. The molecule has 1 atom stereocenters. The highest BCUT2D eigenvalue weighted by molar-refractivity contribution is 9.10. The van der Waals surface area contributed by atoms with Crippen LogP contribution in [-0.2, 0) is 0 Å². The highest BCUT2D eigenvalue weighted by Crippen LogP contribution is 2.22. The summed E-state index contributed by atoms with van der Waals surface area (Å²) in [4.78, 5) is 12.0. The third-order valence-corrected chi connectivity index (χ3v) is 3.29. The van der Waals surface area contributed by atoms with Gasteiger partial charge in [-0.05, 0) is 40.5 Å². The number of benzene rings is 1. The third-order valence-electron chi connectivity index (χ3n) is 2.67. The zero-order valence-corrected chi connectivity index (χ0v) is 11.4. The third kappa shape index (κ3) is 2.56. The molecule has 0 fully saturated rings. The minimum atomic E-state index is -0.202. The molecule has 1 unspecified atom stereocenters. The van der Waals surface area contributed by atoms with Gasteiger partial charge in [0.05, 0.1) is 17.9 Å². The molecule has 1 amide bonds. The van der Waals surface area contributed by atoms with Crippen LogP contribution in [0.4, 0.5) is 5.69 Å². The zero-order chi connectivity index (χ0) is 13.1. The molecule has 3 N–H and O–H groups in total. The maximum Gasteiger partial charge on any atom is 0.256 e. The van der Waals surface area contributed by atoms with Crippen molar-refractivity contribution in [2.45, 2.75) is 13.0 Å². The van der Waals surface area contributed by atoms with E-state index in [9.17, 15) is 4.79 Å². The topological polar surface area (TPSA) is 68.3 Å². The molecule has 0 aliphatic rings. The Bertz CT molecular complexity index is 566. The van der Waals surface area contributed by atoms with E-state index in [1.165, 1.54) is 6.26 Å². The van der Waals surface area contributed by atoms with E-state index < -0.39 is 0 Å². The summed E-state index contributed by atoms with van der Waals surface area (Å²) in [7, 11) is 0. The van der Waals surface area contributed by atoms with Crippen LogP contribution < -0.4 is 11.1 Å². The number of nitrogen functional groups attached to an aromatic ring is 1. The van der Waals surface area contributed by atoms with Gasteiger partial charge in [0.15, 0.2) is 4.67 Å². The van der Waals surface area contributed by atoms with Crippen molar-refractivity contribution in [1.29, 1.82) is 0 Å². The number of furan rings is 1. The fourth-order valence-corrected chi connectivity index (χ4v) is 2.13. The van der Waals surface area contributed by atoms with E-state index in [1.807, 2.05) is 31.2 Å². The van der Waals surface area contributed by atoms with E-state index in [1.54, 1.807) is 6.07 Å². The van der Waals surface area contributed by atoms with Crippen molar-refractivity contribution in [2.24, 2.45) is 0 Å². The first kappa shape index (κ1) is 12.7. The first-order valence-corrected chi connectivity index (χ1v) is 6.27. The van der Waals surface area contributed by atoms with Crippen molar-refractivity contribution in [1.82, 2.24) is 5.32 Å². The van der Waals surface area contributed by atoms with Gasteiger partial charge in [0.1, 0.15) is 0 Å². The predicted molar refractivity (Wildman–Crippen MR) is 73.1 cm³/mol. The van der Waals surface area contributed by atoms with E-state index in [-0.39, 0.29) is 11.9 Å². The molecule has 2 aromatic rings. The van der Waals surface area contributed by atoms with E-state index in [0.717, 1.165) is 5.56 Å². The van der Waals surface area contributed by atoms with Crippen molar-refractivity contribution in [2.75, 3.05) is 5.73 Å². The zero-order valence-electron chi connectivity index (χ0n) is 9.81. The lowest BCUT2D eigenvalue weighted by molar-refractivity contribution is 0.0938. The highest BCUT2D eigenvalue weighted by Gasteiger charge is 2.16. The number of carbonyl (C=O) groups is 1. The number of hydrogen-bond donors (Lipinski definition) is 2. The number of carbonyl (C=O) groups excluding carboxylic acids is 1. The molecular formula is C13H13BrN2O2. The average Bonchev–Trinajstić information content (AvgIpc) is 2.76. The van der Waals surface area contributed by atoms with Gasteiger partial charge < -0.3 is 15.5 Å². The maximum absolute atomic E-state index is 12.0. The average molecular weight is 309 g/mol. The second-order valence-corrected chi connectivity index (χ2v) is 4.65. The van der Waals surface area contributed by atoms with E-state index in [4.69, 9.17) is 10.2 Å². The van der Waals surface area contributed by atoms with Crippen LogP contribution in [0.5, 0.6) is 0 Å². The Hall–Kier alpha value is -1.75. The van der Waals surface area contributed by atoms with Crippen LogP contribution in [0.25, 0.3) is 0 Å². The van der Waals surface area contributed by atoms with Gasteiger partial charge in [-0.15, -0.1) is 0 Å². The fourth-order valence-electron chi connectivity index (χ4n) is 1.71. The van der Waals surface area contributed by atoms with Crippen molar-refractivity contribution in [3.05, 3.63) is 52.4 Å². The number of nitrogens with one attached hydrogen (secondary N) is 1. The van der Waals surface area contributed by atoms with Crippen molar-refractivity contribution in [3.63, 3.8) is 0 Å². The van der Waals surface area contributed by atoms with Crippen LogP contribution in [0.1, 0.15) is 28.9 Å². The molecular weight excluding hydrogens is 296 g/mol. The Kier molecular flexibility index (Phi) is 3.72. The summed E-state index contributed by atoms with van der Waals surface area (Å²) in [5.41, 5.74) is 7.89. The van der Waals surface area contributed by atoms with Crippen molar-refractivity contribution in [3.8, 4) is 0 Å². The van der Waals surface area contributed by atoms with Gasteiger partial charge in [-0.2, -0.15) is 0 Å². The van der Waals surface area contributed by atoms with E-state index >= 15 is 0 Å².